The maximum absolute atomic E-state index is 12.5. The molecule has 1 saturated heterocycles. The van der Waals surface area contributed by atoms with Crippen molar-refractivity contribution in [2.24, 2.45) is 16.8 Å². The van der Waals surface area contributed by atoms with Crippen LogP contribution in [0.15, 0.2) is 39.7 Å². The van der Waals surface area contributed by atoms with Gasteiger partial charge < -0.3 is 19.3 Å². The quantitative estimate of drug-likeness (QED) is 0.680. The maximum Gasteiger partial charge on any atom is 0.411 e. The molecule has 3 aliphatic rings. The van der Waals surface area contributed by atoms with Crippen molar-refractivity contribution >= 4 is 33.9 Å². The Labute approximate surface area is 178 Å². The summed E-state index contributed by atoms with van der Waals surface area (Å²) in [5.74, 6) is -0.00686. The van der Waals surface area contributed by atoms with Crippen molar-refractivity contribution in [1.29, 1.82) is 0 Å². The smallest absolute Gasteiger partial charge is 0.411 e. The Morgan fingerprint density at radius 2 is 2.00 bits per heavy atom. The molecule has 0 bridgehead atoms. The minimum absolute atomic E-state index is 0.0129. The third-order valence-corrected chi connectivity index (χ3v) is 5.75. The molecule has 1 amide bonds. The van der Waals surface area contributed by atoms with E-state index in [0.29, 0.717) is 5.90 Å². The second-order valence-corrected chi connectivity index (χ2v) is 8.95. The van der Waals surface area contributed by atoms with Crippen molar-refractivity contribution in [2.45, 2.75) is 44.9 Å². The summed E-state index contributed by atoms with van der Waals surface area (Å²) in [4.78, 5) is 29.7. The van der Waals surface area contributed by atoms with Crippen molar-refractivity contribution < 1.29 is 28.9 Å². The first kappa shape index (κ1) is 21.4. The molecule has 2 aliphatic heterocycles. The van der Waals surface area contributed by atoms with Gasteiger partial charge in [0.05, 0.1) is 19.6 Å². The summed E-state index contributed by atoms with van der Waals surface area (Å²) < 4.78 is 17.7. The average Bonchev–Trinajstić information content (AvgIpc) is 3.06. The normalized spacial score (nSPS) is 28.7. The number of allylic oxidation sites excluding steroid dienone is 3. The van der Waals surface area contributed by atoms with Crippen LogP contribution in [0.1, 0.15) is 27.2 Å². The van der Waals surface area contributed by atoms with Crippen molar-refractivity contribution in [1.82, 2.24) is 4.90 Å². The number of hydrogen-bond donors (Lipinski definition) is 1. The zero-order chi connectivity index (χ0) is 21.3. The molecule has 0 aromatic heterocycles. The molecule has 0 saturated carbocycles. The molecule has 0 aromatic carbocycles. The predicted octanol–water partition coefficient (Wildman–Crippen LogP) is 3.45. The maximum atomic E-state index is 12.5. The van der Waals surface area contributed by atoms with E-state index < -0.39 is 29.8 Å². The summed E-state index contributed by atoms with van der Waals surface area (Å²) in [6.07, 6.45) is 6.43. The highest BCUT2D eigenvalue weighted by Crippen LogP contribution is 2.39. The van der Waals surface area contributed by atoms with Crippen LogP contribution >= 0.6 is 15.9 Å². The molecule has 158 valence electrons. The van der Waals surface area contributed by atoms with Crippen LogP contribution in [0.3, 0.4) is 0 Å². The van der Waals surface area contributed by atoms with Crippen LogP contribution in [-0.2, 0) is 19.0 Å². The lowest BCUT2D eigenvalue weighted by molar-refractivity contribution is -0.142. The van der Waals surface area contributed by atoms with Crippen molar-refractivity contribution in [3.63, 3.8) is 0 Å². The van der Waals surface area contributed by atoms with Gasteiger partial charge in [0.1, 0.15) is 23.5 Å². The Hall–Kier alpha value is -2.29. The van der Waals surface area contributed by atoms with E-state index in [-0.39, 0.29) is 24.8 Å². The fraction of sp³-hybridized carbons (Fsp3) is 0.550. The molecular weight excluding hydrogens is 444 g/mol. The highest BCUT2D eigenvalue weighted by atomic mass is 79.9. The number of carboxylic acids is 1. The Morgan fingerprint density at radius 1 is 1.28 bits per heavy atom. The molecule has 0 aromatic rings. The minimum atomic E-state index is -1.08. The van der Waals surface area contributed by atoms with Crippen LogP contribution in [0.25, 0.3) is 0 Å². The minimum Gasteiger partial charge on any atom is -0.496 e. The predicted molar refractivity (Wildman–Crippen MR) is 110 cm³/mol. The van der Waals surface area contributed by atoms with Crippen LogP contribution in [0.4, 0.5) is 4.79 Å². The van der Waals surface area contributed by atoms with Crippen LogP contribution in [0.2, 0.25) is 0 Å². The van der Waals surface area contributed by atoms with Crippen LogP contribution < -0.4 is 0 Å². The van der Waals surface area contributed by atoms with E-state index in [1.807, 2.05) is 18.2 Å². The van der Waals surface area contributed by atoms with Gasteiger partial charge in [-0.05, 0) is 26.8 Å². The average molecular weight is 469 g/mol. The Balaban J connectivity index is 1.72. The molecule has 2 unspecified atom stereocenters. The number of aliphatic carboxylic acids is 1. The van der Waals surface area contributed by atoms with Gasteiger partial charge in [-0.3, -0.25) is 4.90 Å². The SMILES string of the molecule is COC1=C(Br)C2C=CN=C(O[C@@H]3C[C@@H](C(=O)O)N(C(=O)OC(C)(C)C)C3)C2C=C1. The molecule has 9 heteroatoms. The van der Waals surface area contributed by atoms with E-state index in [1.54, 1.807) is 34.1 Å². The second-order valence-electron chi connectivity index (χ2n) is 8.10. The molecule has 29 heavy (non-hydrogen) atoms. The van der Waals surface area contributed by atoms with Gasteiger partial charge in [-0.2, -0.15) is 0 Å². The Morgan fingerprint density at radius 3 is 2.62 bits per heavy atom. The molecular formula is C20H25BrN2O6. The lowest BCUT2D eigenvalue weighted by Crippen LogP contribution is -2.43. The number of fused-ring (bicyclic) bond motifs is 1. The number of rotatable bonds is 3. The second kappa shape index (κ2) is 8.22. The fourth-order valence-corrected chi connectivity index (χ4v) is 4.26. The van der Waals surface area contributed by atoms with Crippen LogP contribution in [-0.4, -0.2) is 59.4 Å². The van der Waals surface area contributed by atoms with E-state index in [1.165, 1.54) is 4.90 Å². The summed E-state index contributed by atoms with van der Waals surface area (Å²) in [5, 5.41) is 9.55. The van der Waals surface area contributed by atoms with Gasteiger partial charge in [-0.25, -0.2) is 14.6 Å². The van der Waals surface area contributed by atoms with Gasteiger partial charge in [0.25, 0.3) is 0 Å². The van der Waals surface area contributed by atoms with Crippen molar-refractivity contribution in [3.8, 4) is 0 Å². The standard InChI is InChI=1S/C20H25BrN2O6/c1-20(2,3)29-19(26)23-10-11(9-14(23)18(24)25)28-17-13-5-6-15(27-4)16(21)12(13)7-8-22-17/h5-8,11-14H,9-10H2,1-4H3,(H,24,25)/t11-,12?,13?,14+/m1/s1. The molecule has 4 atom stereocenters. The van der Waals surface area contributed by atoms with Crippen molar-refractivity contribution in [3.05, 3.63) is 34.7 Å². The molecule has 0 radical (unpaired) electrons. The summed E-state index contributed by atoms with van der Waals surface area (Å²) in [7, 11) is 1.61. The van der Waals surface area contributed by atoms with Crippen LogP contribution in [0, 0.1) is 11.8 Å². The van der Waals surface area contributed by atoms with Gasteiger partial charge in [-0.15, -0.1) is 0 Å². The number of hydrogen-bond acceptors (Lipinski definition) is 6. The monoisotopic (exact) mass is 468 g/mol. The Bertz CT molecular complexity index is 810. The van der Waals surface area contributed by atoms with E-state index in [9.17, 15) is 14.7 Å². The summed E-state index contributed by atoms with van der Waals surface area (Å²) in [6, 6.07) is -1.00. The molecule has 1 aliphatic carbocycles. The number of likely N-dealkylation sites (tertiary alicyclic amines) is 1. The summed E-state index contributed by atoms with van der Waals surface area (Å²) >= 11 is 3.58. The third-order valence-electron chi connectivity index (χ3n) is 4.83. The van der Waals surface area contributed by atoms with Gasteiger partial charge >= 0.3 is 12.1 Å². The van der Waals surface area contributed by atoms with Gasteiger partial charge in [0.15, 0.2) is 5.90 Å². The van der Waals surface area contributed by atoms with E-state index in [0.717, 1.165) is 10.2 Å². The number of carbonyl (C=O) groups excluding carboxylic acids is 1. The number of ether oxygens (including phenoxy) is 3. The zero-order valence-electron chi connectivity index (χ0n) is 16.8. The number of amides is 1. The number of aliphatic imine (C=N–C) groups is 1. The molecule has 8 nitrogen and oxygen atoms in total. The largest absolute Gasteiger partial charge is 0.496 e. The molecule has 1 fully saturated rings. The highest BCUT2D eigenvalue weighted by molar-refractivity contribution is 9.11. The number of carboxylic acid groups (broad SMARTS) is 1. The van der Waals surface area contributed by atoms with Gasteiger partial charge in [0.2, 0.25) is 0 Å². The summed E-state index contributed by atoms with van der Waals surface area (Å²) in [5.41, 5.74) is -0.713. The van der Waals surface area contributed by atoms with Gasteiger partial charge in [-0.1, -0.05) is 28.1 Å². The van der Waals surface area contributed by atoms with E-state index in [4.69, 9.17) is 14.2 Å². The topological polar surface area (TPSA) is 97.7 Å². The van der Waals surface area contributed by atoms with Crippen molar-refractivity contribution in [2.75, 3.05) is 13.7 Å². The lowest BCUT2D eigenvalue weighted by atomic mass is 9.86. The number of halogens is 1. The third kappa shape index (κ3) is 4.66. The number of carbonyl (C=O) groups is 2. The molecule has 0 spiro atoms. The lowest BCUT2D eigenvalue weighted by Gasteiger charge is -2.30. The summed E-state index contributed by atoms with van der Waals surface area (Å²) in [6.45, 7) is 5.34. The fourth-order valence-electron chi connectivity index (χ4n) is 3.53. The van der Waals surface area contributed by atoms with Gasteiger partial charge in [0, 0.05) is 23.0 Å². The van der Waals surface area contributed by atoms with E-state index in [2.05, 4.69) is 20.9 Å². The van der Waals surface area contributed by atoms with E-state index >= 15 is 0 Å². The first-order valence-electron chi connectivity index (χ1n) is 9.36. The number of methoxy groups -OCH3 is 1. The zero-order valence-corrected chi connectivity index (χ0v) is 18.4. The first-order chi connectivity index (χ1) is 13.6. The highest BCUT2D eigenvalue weighted by Gasteiger charge is 2.44. The molecule has 2 heterocycles. The molecule has 3 rings (SSSR count). The number of nitrogens with zero attached hydrogens (tertiary/aromatic N) is 2. The van der Waals surface area contributed by atoms with Crippen LogP contribution in [0.5, 0.6) is 0 Å². The molecule has 1 N–H and O–H groups in total. The Kier molecular flexibility index (Phi) is 6.07. The first-order valence-corrected chi connectivity index (χ1v) is 10.2.